The third kappa shape index (κ3) is 2.78. The van der Waals surface area contributed by atoms with Gasteiger partial charge in [-0.25, -0.2) is 4.79 Å². The summed E-state index contributed by atoms with van der Waals surface area (Å²) in [7, 11) is 0. The van der Waals surface area contributed by atoms with Crippen molar-refractivity contribution in [3.63, 3.8) is 0 Å². The molecular formula is C16H16ClNO2. The van der Waals surface area contributed by atoms with Gasteiger partial charge in [0.25, 0.3) is 0 Å². The zero-order valence-electron chi connectivity index (χ0n) is 11.6. The predicted octanol–water partition coefficient (Wildman–Crippen LogP) is 4.15. The van der Waals surface area contributed by atoms with Crippen molar-refractivity contribution in [2.45, 2.75) is 20.8 Å². The number of nitrogens with zero attached hydrogens (tertiary/aromatic N) is 1. The zero-order valence-corrected chi connectivity index (χ0v) is 12.4. The normalized spacial score (nSPS) is 11.2. The summed E-state index contributed by atoms with van der Waals surface area (Å²) >= 11 is 6.08. The highest BCUT2D eigenvalue weighted by Crippen LogP contribution is 2.26. The number of hydrogen-bond donors (Lipinski definition) is 1. The molecule has 0 aliphatic heterocycles. The number of aryl methyl sites for hydroxylation is 2. The molecule has 1 aromatic carbocycles. The molecule has 0 unspecified atom stereocenters. The SMILES string of the molecule is Cc1ccc(Cl)cc1-n1c(C)cc(C=CC(=O)O)c1C. The molecular weight excluding hydrogens is 274 g/mol. The molecule has 3 nitrogen and oxygen atoms in total. The van der Waals surface area contributed by atoms with Gasteiger partial charge < -0.3 is 9.67 Å². The van der Waals surface area contributed by atoms with Gasteiger partial charge >= 0.3 is 5.97 Å². The van der Waals surface area contributed by atoms with Gasteiger partial charge in [-0.15, -0.1) is 0 Å². The number of halogens is 1. The van der Waals surface area contributed by atoms with Crippen LogP contribution >= 0.6 is 11.6 Å². The quantitative estimate of drug-likeness (QED) is 0.862. The van der Waals surface area contributed by atoms with Crippen molar-refractivity contribution in [1.29, 1.82) is 0 Å². The van der Waals surface area contributed by atoms with E-state index in [-0.39, 0.29) is 0 Å². The van der Waals surface area contributed by atoms with E-state index in [4.69, 9.17) is 16.7 Å². The van der Waals surface area contributed by atoms with E-state index in [0.717, 1.165) is 34.3 Å². The highest BCUT2D eigenvalue weighted by atomic mass is 35.5. The van der Waals surface area contributed by atoms with Crippen molar-refractivity contribution in [1.82, 2.24) is 4.57 Å². The third-order valence-corrected chi connectivity index (χ3v) is 3.52. The molecule has 0 saturated heterocycles. The minimum Gasteiger partial charge on any atom is -0.478 e. The number of hydrogen-bond acceptors (Lipinski definition) is 1. The number of benzene rings is 1. The van der Waals surface area contributed by atoms with Gasteiger partial charge in [0.1, 0.15) is 0 Å². The number of carboxylic acid groups (broad SMARTS) is 1. The van der Waals surface area contributed by atoms with Gasteiger partial charge in [0, 0.05) is 28.2 Å². The maximum absolute atomic E-state index is 10.6. The molecule has 20 heavy (non-hydrogen) atoms. The van der Waals surface area contributed by atoms with Gasteiger partial charge in [-0.3, -0.25) is 0 Å². The Hall–Kier alpha value is -2.00. The minimum atomic E-state index is -0.950. The summed E-state index contributed by atoms with van der Waals surface area (Å²) in [6.07, 6.45) is 2.76. The number of aliphatic carboxylic acids is 1. The largest absolute Gasteiger partial charge is 0.478 e. The van der Waals surface area contributed by atoms with Gasteiger partial charge in [0.05, 0.1) is 0 Å². The first-order valence-corrected chi connectivity index (χ1v) is 6.64. The van der Waals surface area contributed by atoms with E-state index in [9.17, 15) is 4.79 Å². The van der Waals surface area contributed by atoms with Crippen LogP contribution in [0.5, 0.6) is 0 Å². The topological polar surface area (TPSA) is 42.2 Å². The van der Waals surface area contributed by atoms with Gasteiger partial charge in [-0.2, -0.15) is 0 Å². The Kier molecular flexibility index (Phi) is 4.00. The molecule has 0 atom stereocenters. The maximum atomic E-state index is 10.6. The van der Waals surface area contributed by atoms with Crippen LogP contribution < -0.4 is 0 Å². The summed E-state index contributed by atoms with van der Waals surface area (Å²) in [5.41, 5.74) is 5.06. The number of carboxylic acids is 1. The average molecular weight is 290 g/mol. The van der Waals surface area contributed by atoms with Crippen molar-refractivity contribution >= 4 is 23.6 Å². The Morgan fingerprint density at radius 1 is 1.25 bits per heavy atom. The Balaban J connectivity index is 2.58. The fourth-order valence-corrected chi connectivity index (χ4v) is 2.48. The smallest absolute Gasteiger partial charge is 0.328 e. The second-order valence-electron chi connectivity index (χ2n) is 4.76. The molecule has 1 heterocycles. The van der Waals surface area contributed by atoms with Crippen LogP contribution in [0.3, 0.4) is 0 Å². The van der Waals surface area contributed by atoms with Crippen LogP contribution in [0.1, 0.15) is 22.5 Å². The van der Waals surface area contributed by atoms with Crippen LogP contribution in [0.25, 0.3) is 11.8 Å². The fraction of sp³-hybridized carbons (Fsp3) is 0.188. The van der Waals surface area contributed by atoms with E-state index in [1.807, 2.05) is 45.0 Å². The van der Waals surface area contributed by atoms with Crippen molar-refractivity contribution < 1.29 is 9.90 Å². The lowest BCUT2D eigenvalue weighted by molar-refractivity contribution is -0.131. The van der Waals surface area contributed by atoms with Crippen LogP contribution in [-0.2, 0) is 4.79 Å². The molecule has 2 aromatic rings. The molecule has 1 N–H and O–H groups in total. The Labute approximate surface area is 123 Å². The molecule has 0 fully saturated rings. The van der Waals surface area contributed by atoms with E-state index >= 15 is 0 Å². The van der Waals surface area contributed by atoms with E-state index in [2.05, 4.69) is 4.57 Å². The molecule has 0 spiro atoms. The van der Waals surface area contributed by atoms with Gasteiger partial charge in [0.15, 0.2) is 0 Å². The van der Waals surface area contributed by atoms with Crippen molar-refractivity contribution in [2.75, 3.05) is 0 Å². The van der Waals surface area contributed by atoms with E-state index in [1.165, 1.54) is 0 Å². The van der Waals surface area contributed by atoms with Crippen LogP contribution in [0.4, 0.5) is 0 Å². The molecule has 2 rings (SSSR count). The lowest BCUT2D eigenvalue weighted by atomic mass is 10.2. The molecule has 0 amide bonds. The van der Waals surface area contributed by atoms with Crippen molar-refractivity contribution in [2.24, 2.45) is 0 Å². The molecule has 1 aromatic heterocycles. The Morgan fingerprint density at radius 3 is 2.60 bits per heavy atom. The fourth-order valence-electron chi connectivity index (χ4n) is 2.31. The lowest BCUT2D eigenvalue weighted by Crippen LogP contribution is -2.01. The first kappa shape index (κ1) is 14.4. The first-order chi connectivity index (χ1) is 9.40. The molecule has 0 aliphatic carbocycles. The maximum Gasteiger partial charge on any atom is 0.328 e. The third-order valence-electron chi connectivity index (χ3n) is 3.29. The van der Waals surface area contributed by atoms with Crippen LogP contribution in [0.15, 0.2) is 30.3 Å². The first-order valence-electron chi connectivity index (χ1n) is 6.26. The van der Waals surface area contributed by atoms with E-state index < -0.39 is 5.97 Å². The molecule has 0 aliphatic rings. The molecule has 0 bridgehead atoms. The second kappa shape index (κ2) is 5.55. The lowest BCUT2D eigenvalue weighted by Gasteiger charge is -2.13. The van der Waals surface area contributed by atoms with Gasteiger partial charge in [-0.05, 0) is 56.2 Å². The summed E-state index contributed by atoms with van der Waals surface area (Å²) in [5, 5.41) is 9.41. The Bertz CT molecular complexity index is 699. The van der Waals surface area contributed by atoms with Crippen LogP contribution in [0, 0.1) is 20.8 Å². The van der Waals surface area contributed by atoms with E-state index in [0.29, 0.717) is 5.02 Å². The van der Waals surface area contributed by atoms with Gasteiger partial charge in [0.2, 0.25) is 0 Å². The standard InChI is InChI=1S/C16H16ClNO2/c1-10-4-6-14(17)9-15(10)18-11(2)8-13(12(18)3)5-7-16(19)20/h4-9H,1-3H3,(H,19,20). The highest BCUT2D eigenvalue weighted by Gasteiger charge is 2.11. The molecule has 0 saturated carbocycles. The second-order valence-corrected chi connectivity index (χ2v) is 5.20. The van der Waals surface area contributed by atoms with Crippen molar-refractivity contribution in [3.8, 4) is 5.69 Å². The highest BCUT2D eigenvalue weighted by molar-refractivity contribution is 6.30. The molecule has 4 heteroatoms. The molecule has 104 valence electrons. The predicted molar refractivity (Wildman–Crippen MR) is 81.7 cm³/mol. The summed E-state index contributed by atoms with van der Waals surface area (Å²) in [5.74, 6) is -0.950. The van der Waals surface area contributed by atoms with E-state index in [1.54, 1.807) is 6.08 Å². The summed E-state index contributed by atoms with van der Waals surface area (Å²) in [6, 6.07) is 7.72. The summed E-state index contributed by atoms with van der Waals surface area (Å²) < 4.78 is 2.09. The van der Waals surface area contributed by atoms with Crippen LogP contribution in [0.2, 0.25) is 5.02 Å². The summed E-state index contributed by atoms with van der Waals surface area (Å²) in [4.78, 5) is 10.6. The zero-order chi connectivity index (χ0) is 14.9. The van der Waals surface area contributed by atoms with Gasteiger partial charge in [-0.1, -0.05) is 17.7 Å². The minimum absolute atomic E-state index is 0.681. The van der Waals surface area contributed by atoms with Crippen LogP contribution in [-0.4, -0.2) is 15.6 Å². The monoisotopic (exact) mass is 289 g/mol. The number of carbonyl (C=O) groups is 1. The Morgan fingerprint density at radius 2 is 1.95 bits per heavy atom. The molecule has 0 radical (unpaired) electrons. The number of aromatic nitrogens is 1. The average Bonchev–Trinajstić information content (AvgIpc) is 2.65. The summed E-state index contributed by atoms with van der Waals surface area (Å²) in [6.45, 7) is 5.98. The number of rotatable bonds is 3. The van der Waals surface area contributed by atoms with Crippen molar-refractivity contribution in [3.05, 3.63) is 57.9 Å².